The lowest BCUT2D eigenvalue weighted by Crippen LogP contribution is -2.46. The van der Waals surface area contributed by atoms with Crippen molar-refractivity contribution in [3.8, 4) is 0 Å². The molecule has 44 heavy (non-hydrogen) atoms. The minimum atomic E-state index is -1.07. The van der Waals surface area contributed by atoms with Gasteiger partial charge in [-0.25, -0.2) is 0 Å². The van der Waals surface area contributed by atoms with Crippen molar-refractivity contribution in [1.29, 1.82) is 0 Å². The fourth-order valence-electron chi connectivity index (χ4n) is 6.87. The van der Waals surface area contributed by atoms with Crippen LogP contribution >= 0.6 is 7.55 Å². The molecule has 0 radical (unpaired) electrons. The zero-order valence-electron chi connectivity index (χ0n) is 27.7. The summed E-state index contributed by atoms with van der Waals surface area (Å²) in [6, 6.07) is 0. The van der Waals surface area contributed by atoms with Gasteiger partial charge in [0, 0.05) is 24.4 Å². The molecule has 0 aromatic heterocycles. The quantitative estimate of drug-likeness (QED) is 0.150. The molecular formula is C41H53N2P. The molecule has 0 fully saturated rings. The van der Waals surface area contributed by atoms with Gasteiger partial charge < -0.3 is 11.1 Å². The van der Waals surface area contributed by atoms with Crippen LogP contribution in [0.2, 0.25) is 0 Å². The molecule has 0 saturated carbocycles. The summed E-state index contributed by atoms with van der Waals surface area (Å²) in [5.74, 6) is 4.71. The first-order valence-corrected chi connectivity index (χ1v) is 17.6. The predicted molar refractivity (Wildman–Crippen MR) is 202 cm³/mol. The minimum absolute atomic E-state index is 0.0185. The van der Waals surface area contributed by atoms with Gasteiger partial charge in [-0.15, -0.1) is 6.58 Å². The van der Waals surface area contributed by atoms with Crippen LogP contribution < -0.4 is 11.1 Å². The molecule has 1 aliphatic heterocycles. The summed E-state index contributed by atoms with van der Waals surface area (Å²) >= 11 is 0. The molecule has 0 spiro atoms. The Morgan fingerprint density at radius 3 is 2.14 bits per heavy atom. The molecule has 3 heteroatoms. The normalized spacial score (nSPS) is 27.5. The van der Waals surface area contributed by atoms with E-state index in [9.17, 15) is 0 Å². The number of hydrogen-bond donors (Lipinski definition) is 2. The first-order chi connectivity index (χ1) is 21.3. The lowest BCUT2D eigenvalue weighted by molar-refractivity contribution is 0.331. The summed E-state index contributed by atoms with van der Waals surface area (Å²) in [5, 5.41) is 4.79. The number of nitrogens with two attached hydrogens (primary N) is 1. The van der Waals surface area contributed by atoms with Crippen LogP contribution in [0.1, 0.15) is 55.0 Å². The fraction of sp³-hybridized carbons (Fsp3) is 0.293. The first-order valence-electron chi connectivity index (χ1n) is 15.9. The number of hydrogen-bond acceptors (Lipinski definition) is 2. The van der Waals surface area contributed by atoms with Crippen molar-refractivity contribution in [3.05, 3.63) is 161 Å². The van der Waals surface area contributed by atoms with Crippen molar-refractivity contribution < 1.29 is 0 Å². The Balaban J connectivity index is 2.74. The van der Waals surface area contributed by atoms with E-state index >= 15 is 0 Å². The third kappa shape index (κ3) is 7.14. The molecule has 1 heterocycles. The highest BCUT2D eigenvalue weighted by Gasteiger charge is 2.48. The van der Waals surface area contributed by atoms with E-state index in [1.807, 2.05) is 25.3 Å². The van der Waals surface area contributed by atoms with Crippen molar-refractivity contribution in [3.63, 3.8) is 0 Å². The molecule has 4 unspecified atom stereocenters. The zero-order valence-corrected chi connectivity index (χ0v) is 28.7. The Hall–Kier alpha value is -3.74. The Labute approximate surface area is 268 Å². The van der Waals surface area contributed by atoms with E-state index in [-0.39, 0.29) is 11.8 Å². The van der Waals surface area contributed by atoms with Gasteiger partial charge in [-0.3, -0.25) is 0 Å². The smallest absolute Gasteiger partial charge is 0.0516 e. The number of benzene rings is 1. The van der Waals surface area contributed by atoms with Gasteiger partial charge in [0.25, 0.3) is 0 Å². The van der Waals surface area contributed by atoms with Crippen LogP contribution in [0.3, 0.4) is 0 Å². The second kappa shape index (κ2) is 16.9. The summed E-state index contributed by atoms with van der Waals surface area (Å²) in [4.78, 5) is 0. The summed E-state index contributed by atoms with van der Waals surface area (Å²) in [5.41, 5.74) is 16.0. The summed E-state index contributed by atoms with van der Waals surface area (Å²) < 4.78 is 0. The second-order valence-corrected chi connectivity index (χ2v) is 13.6. The van der Waals surface area contributed by atoms with Gasteiger partial charge in [0.1, 0.15) is 0 Å². The maximum Gasteiger partial charge on any atom is 0.0516 e. The number of nitrogens with one attached hydrogen (secondary N) is 1. The van der Waals surface area contributed by atoms with Gasteiger partial charge >= 0.3 is 0 Å². The molecule has 3 N–H and O–H groups in total. The highest BCUT2D eigenvalue weighted by Crippen LogP contribution is 2.55. The number of anilines is 1. The Bertz CT molecular complexity index is 1520. The first kappa shape index (κ1) is 34.7. The third-order valence-electron chi connectivity index (χ3n) is 8.91. The monoisotopic (exact) mass is 604 g/mol. The Morgan fingerprint density at radius 2 is 1.61 bits per heavy atom. The van der Waals surface area contributed by atoms with E-state index in [0.29, 0.717) is 0 Å². The molecule has 1 aromatic rings. The molecular weight excluding hydrogens is 551 g/mol. The Kier molecular flexibility index (Phi) is 13.4. The van der Waals surface area contributed by atoms with Crippen molar-refractivity contribution in [2.45, 2.75) is 59.3 Å². The van der Waals surface area contributed by atoms with Gasteiger partial charge in [-0.05, 0) is 72.7 Å². The standard InChI is InChI=1S/C41H53N2P/c1-9-13-28-37(44-29-22-30-44)40(42)41(31(5)26-20-18-16-14-15-17-19-21-27-34(41)23-10-2)38-32(6)36(25-12-4)39(43-8)33(7)35(38)24-11-3/h9-10,12-23,26-31,34,43-44H,1,4,11,24-25,42H2,2-3,5-8H3/b15-14+,18-16-,19-17+,23-10-,26-20-,27-21-,28-13-,40-37+. The molecule has 2 aliphatic rings. The van der Waals surface area contributed by atoms with Crippen LogP contribution in [-0.2, 0) is 18.3 Å². The van der Waals surface area contributed by atoms with E-state index in [0.717, 1.165) is 25.0 Å². The molecule has 1 aromatic carbocycles. The Morgan fingerprint density at radius 1 is 0.977 bits per heavy atom. The summed E-state index contributed by atoms with van der Waals surface area (Å²) in [7, 11) is 0.967. The molecule has 0 saturated heterocycles. The van der Waals surface area contributed by atoms with E-state index in [1.165, 1.54) is 38.8 Å². The second-order valence-electron chi connectivity index (χ2n) is 11.5. The van der Waals surface area contributed by atoms with Crippen LogP contribution in [0, 0.1) is 25.7 Å². The third-order valence-corrected chi connectivity index (χ3v) is 11.1. The number of rotatable bonds is 11. The molecule has 232 valence electrons. The van der Waals surface area contributed by atoms with Gasteiger partial charge in [0.2, 0.25) is 0 Å². The fourth-order valence-corrected chi connectivity index (χ4v) is 8.42. The van der Waals surface area contributed by atoms with Crippen LogP contribution in [0.25, 0.3) is 0 Å². The molecule has 3 rings (SSSR count). The average molecular weight is 605 g/mol. The van der Waals surface area contributed by atoms with E-state index in [2.05, 4.69) is 150 Å². The van der Waals surface area contributed by atoms with Crippen LogP contribution in [-0.4, -0.2) is 12.8 Å². The molecule has 2 nitrogen and oxygen atoms in total. The maximum atomic E-state index is 7.79. The van der Waals surface area contributed by atoms with Crippen molar-refractivity contribution >= 4 is 19.0 Å². The minimum Gasteiger partial charge on any atom is -0.401 e. The topological polar surface area (TPSA) is 38.0 Å². The van der Waals surface area contributed by atoms with Gasteiger partial charge in [0.15, 0.2) is 0 Å². The van der Waals surface area contributed by atoms with Gasteiger partial charge in [-0.2, -0.15) is 0 Å². The summed E-state index contributed by atoms with van der Waals surface area (Å²) in [6.07, 6.45) is 39.2. The van der Waals surface area contributed by atoms with Crippen LogP contribution in [0.4, 0.5) is 5.69 Å². The van der Waals surface area contributed by atoms with E-state index in [4.69, 9.17) is 5.73 Å². The average Bonchev–Trinajstić information content (AvgIpc) is 3.00. The highest BCUT2D eigenvalue weighted by atomic mass is 31.1. The maximum absolute atomic E-state index is 7.79. The molecule has 1 aliphatic carbocycles. The van der Waals surface area contributed by atoms with Crippen molar-refractivity contribution in [1.82, 2.24) is 0 Å². The predicted octanol–water partition coefficient (Wildman–Crippen LogP) is 10.3. The molecule has 0 amide bonds. The van der Waals surface area contributed by atoms with Gasteiger partial charge in [-0.1, -0.05) is 149 Å². The summed E-state index contributed by atoms with van der Waals surface area (Å²) in [6.45, 7) is 19.5. The largest absolute Gasteiger partial charge is 0.401 e. The molecule has 0 bridgehead atoms. The number of allylic oxidation sites excluding steroid dienone is 19. The lowest BCUT2D eigenvalue weighted by atomic mass is 9.57. The SMILES string of the molecule is C=C/C=C\C(=C(/N)C1(c2c(C)c(CC=C)c(NC)c(C)c2CCC)C(C)\C=C/C=C\C=C\C=C\C=C/C1/C=C\C)[PH]1=CC=C1. The molecule has 4 atom stereocenters. The van der Waals surface area contributed by atoms with Crippen molar-refractivity contribution in [2.75, 3.05) is 12.4 Å². The highest BCUT2D eigenvalue weighted by molar-refractivity contribution is 7.67. The van der Waals surface area contributed by atoms with Crippen molar-refractivity contribution in [2.24, 2.45) is 17.6 Å². The van der Waals surface area contributed by atoms with E-state index < -0.39 is 13.0 Å². The van der Waals surface area contributed by atoms with Crippen LogP contribution in [0.15, 0.2) is 133 Å². The lowest BCUT2D eigenvalue weighted by Gasteiger charge is -2.47. The van der Waals surface area contributed by atoms with E-state index in [1.54, 1.807) is 0 Å². The van der Waals surface area contributed by atoms with Gasteiger partial charge in [0.05, 0.1) is 5.41 Å². The zero-order chi connectivity index (χ0) is 32.1. The van der Waals surface area contributed by atoms with Crippen LogP contribution in [0.5, 0.6) is 0 Å².